The SMILES string of the molecule is C=CCOC(=O)C1(C)CCC2(C)OC2C1. The van der Waals surface area contributed by atoms with E-state index in [1.807, 2.05) is 6.92 Å². The minimum absolute atomic E-state index is 0.0538. The molecule has 0 aromatic rings. The second-order valence-corrected chi connectivity index (χ2v) is 5.07. The van der Waals surface area contributed by atoms with Crippen molar-refractivity contribution >= 4 is 5.97 Å². The molecule has 15 heavy (non-hydrogen) atoms. The van der Waals surface area contributed by atoms with Gasteiger partial charge in [-0.15, -0.1) is 0 Å². The van der Waals surface area contributed by atoms with Crippen LogP contribution in [0.3, 0.4) is 0 Å². The van der Waals surface area contributed by atoms with E-state index in [4.69, 9.17) is 9.47 Å². The third-order valence-electron chi connectivity index (χ3n) is 3.67. The van der Waals surface area contributed by atoms with E-state index in [1.54, 1.807) is 6.08 Å². The number of carbonyl (C=O) groups is 1. The zero-order valence-electron chi connectivity index (χ0n) is 9.41. The van der Waals surface area contributed by atoms with Crippen molar-refractivity contribution < 1.29 is 14.3 Å². The van der Waals surface area contributed by atoms with Gasteiger partial charge in [0, 0.05) is 0 Å². The summed E-state index contributed by atoms with van der Waals surface area (Å²) in [6.45, 7) is 7.92. The fourth-order valence-electron chi connectivity index (χ4n) is 2.30. The summed E-state index contributed by atoms with van der Waals surface area (Å²) in [6, 6.07) is 0. The van der Waals surface area contributed by atoms with Gasteiger partial charge in [-0.3, -0.25) is 4.79 Å². The molecule has 0 radical (unpaired) electrons. The molecule has 3 heteroatoms. The van der Waals surface area contributed by atoms with Gasteiger partial charge in [0.2, 0.25) is 0 Å². The molecule has 3 unspecified atom stereocenters. The minimum Gasteiger partial charge on any atom is -0.461 e. The zero-order valence-corrected chi connectivity index (χ0v) is 9.41. The second kappa shape index (κ2) is 3.34. The van der Waals surface area contributed by atoms with Gasteiger partial charge in [0.05, 0.1) is 17.1 Å². The molecule has 3 nitrogen and oxygen atoms in total. The molecule has 2 aliphatic rings. The molecule has 1 saturated heterocycles. The summed E-state index contributed by atoms with van der Waals surface area (Å²) in [7, 11) is 0. The van der Waals surface area contributed by atoms with Crippen LogP contribution in [0.2, 0.25) is 0 Å². The number of esters is 1. The summed E-state index contributed by atoms with van der Waals surface area (Å²) >= 11 is 0. The van der Waals surface area contributed by atoms with Crippen molar-refractivity contribution in [3.63, 3.8) is 0 Å². The Hall–Kier alpha value is -0.830. The third kappa shape index (κ3) is 1.81. The van der Waals surface area contributed by atoms with E-state index in [0.29, 0.717) is 6.61 Å². The van der Waals surface area contributed by atoms with Crippen LogP contribution in [-0.4, -0.2) is 24.3 Å². The van der Waals surface area contributed by atoms with E-state index in [2.05, 4.69) is 13.5 Å². The normalized spacial score (nSPS) is 42.9. The molecule has 0 bridgehead atoms. The Morgan fingerprint density at radius 2 is 2.33 bits per heavy atom. The molecule has 0 amide bonds. The van der Waals surface area contributed by atoms with Crippen molar-refractivity contribution in [3.8, 4) is 0 Å². The summed E-state index contributed by atoms with van der Waals surface area (Å²) in [6.07, 6.45) is 4.46. The average Bonchev–Trinajstić information content (AvgIpc) is 2.85. The predicted octanol–water partition coefficient (Wildman–Crippen LogP) is 2.06. The molecule has 0 aromatic heterocycles. The Bertz CT molecular complexity index is 299. The number of carbonyl (C=O) groups excluding carboxylic acids is 1. The maximum absolute atomic E-state index is 11.8. The number of epoxide rings is 1. The molecule has 2 fully saturated rings. The highest BCUT2D eigenvalue weighted by Gasteiger charge is 2.60. The quantitative estimate of drug-likeness (QED) is 0.406. The van der Waals surface area contributed by atoms with Crippen molar-refractivity contribution in [1.29, 1.82) is 0 Å². The van der Waals surface area contributed by atoms with Gasteiger partial charge in [-0.25, -0.2) is 0 Å². The van der Waals surface area contributed by atoms with Gasteiger partial charge in [-0.1, -0.05) is 12.7 Å². The van der Waals surface area contributed by atoms with E-state index < -0.39 is 0 Å². The van der Waals surface area contributed by atoms with Crippen molar-refractivity contribution in [2.24, 2.45) is 5.41 Å². The van der Waals surface area contributed by atoms with Crippen LogP contribution >= 0.6 is 0 Å². The first kappa shape index (κ1) is 10.7. The van der Waals surface area contributed by atoms with Crippen LogP contribution in [0, 0.1) is 5.41 Å². The first-order valence-corrected chi connectivity index (χ1v) is 5.46. The number of ether oxygens (including phenoxy) is 2. The standard InChI is InChI=1S/C12H18O3/c1-4-7-14-10(13)11(2)5-6-12(3)9(8-11)15-12/h4,9H,1,5-8H2,2-3H3. The van der Waals surface area contributed by atoms with Crippen LogP contribution in [0.4, 0.5) is 0 Å². The lowest BCUT2D eigenvalue weighted by molar-refractivity contribution is -0.155. The molecule has 3 atom stereocenters. The van der Waals surface area contributed by atoms with E-state index in [-0.39, 0.29) is 23.1 Å². The first-order chi connectivity index (χ1) is 7.00. The van der Waals surface area contributed by atoms with Crippen molar-refractivity contribution in [2.45, 2.75) is 44.8 Å². The highest BCUT2D eigenvalue weighted by Crippen LogP contribution is 2.53. The minimum atomic E-state index is -0.357. The first-order valence-electron chi connectivity index (χ1n) is 5.46. The molecular weight excluding hydrogens is 192 g/mol. The lowest BCUT2D eigenvalue weighted by Crippen LogP contribution is -2.37. The maximum atomic E-state index is 11.8. The smallest absolute Gasteiger partial charge is 0.312 e. The van der Waals surface area contributed by atoms with Gasteiger partial charge < -0.3 is 9.47 Å². The summed E-state index contributed by atoms with van der Waals surface area (Å²) in [5, 5.41) is 0. The Morgan fingerprint density at radius 1 is 1.60 bits per heavy atom. The number of hydrogen-bond donors (Lipinski definition) is 0. The zero-order chi connectivity index (χ0) is 11.1. The molecule has 84 valence electrons. The Labute approximate surface area is 90.4 Å². The monoisotopic (exact) mass is 210 g/mol. The van der Waals surface area contributed by atoms with Crippen LogP contribution in [0.1, 0.15) is 33.1 Å². The number of hydrogen-bond acceptors (Lipinski definition) is 3. The maximum Gasteiger partial charge on any atom is 0.312 e. The van der Waals surface area contributed by atoms with Gasteiger partial charge >= 0.3 is 5.97 Å². The lowest BCUT2D eigenvalue weighted by Gasteiger charge is -2.30. The molecule has 0 N–H and O–H groups in total. The predicted molar refractivity (Wildman–Crippen MR) is 56.4 cm³/mol. The van der Waals surface area contributed by atoms with Gasteiger partial charge in [-0.2, -0.15) is 0 Å². The molecule has 1 heterocycles. The van der Waals surface area contributed by atoms with Crippen LogP contribution in [0.5, 0.6) is 0 Å². The molecule has 1 aliphatic carbocycles. The van der Waals surface area contributed by atoms with Crippen molar-refractivity contribution in [1.82, 2.24) is 0 Å². The highest BCUT2D eigenvalue weighted by molar-refractivity contribution is 5.77. The highest BCUT2D eigenvalue weighted by atomic mass is 16.6. The van der Waals surface area contributed by atoms with Crippen LogP contribution in [0.15, 0.2) is 12.7 Å². The topological polar surface area (TPSA) is 38.8 Å². The van der Waals surface area contributed by atoms with E-state index >= 15 is 0 Å². The molecular formula is C12H18O3. The fourth-order valence-corrected chi connectivity index (χ4v) is 2.30. The number of fused-ring (bicyclic) bond motifs is 1. The van der Waals surface area contributed by atoms with Crippen molar-refractivity contribution in [3.05, 3.63) is 12.7 Å². The molecule has 2 rings (SSSR count). The van der Waals surface area contributed by atoms with E-state index in [1.165, 1.54) is 0 Å². The second-order valence-electron chi connectivity index (χ2n) is 5.07. The summed E-state index contributed by atoms with van der Waals surface area (Å²) in [5.74, 6) is -0.111. The largest absolute Gasteiger partial charge is 0.461 e. The molecule has 0 aromatic carbocycles. The van der Waals surface area contributed by atoms with Crippen LogP contribution in [0.25, 0.3) is 0 Å². The van der Waals surface area contributed by atoms with Crippen LogP contribution in [-0.2, 0) is 14.3 Å². The molecule has 0 spiro atoms. The van der Waals surface area contributed by atoms with Gasteiger partial charge in [0.15, 0.2) is 0 Å². The van der Waals surface area contributed by atoms with Crippen molar-refractivity contribution in [2.75, 3.05) is 6.61 Å². The molecule has 1 saturated carbocycles. The summed E-state index contributed by atoms with van der Waals surface area (Å²) in [5.41, 5.74) is -0.304. The van der Waals surface area contributed by atoms with Crippen LogP contribution < -0.4 is 0 Å². The Balaban J connectivity index is 1.96. The van der Waals surface area contributed by atoms with Gasteiger partial charge in [-0.05, 0) is 33.1 Å². The van der Waals surface area contributed by atoms with Gasteiger partial charge in [0.25, 0.3) is 0 Å². The summed E-state index contributed by atoms with van der Waals surface area (Å²) in [4.78, 5) is 11.8. The fraction of sp³-hybridized carbons (Fsp3) is 0.750. The average molecular weight is 210 g/mol. The van der Waals surface area contributed by atoms with E-state index in [9.17, 15) is 4.79 Å². The van der Waals surface area contributed by atoms with Gasteiger partial charge in [0.1, 0.15) is 6.61 Å². The third-order valence-corrected chi connectivity index (χ3v) is 3.67. The summed E-state index contributed by atoms with van der Waals surface area (Å²) < 4.78 is 10.7. The molecule has 1 aliphatic heterocycles. The van der Waals surface area contributed by atoms with E-state index in [0.717, 1.165) is 19.3 Å². The lowest BCUT2D eigenvalue weighted by atomic mass is 9.72. The number of rotatable bonds is 3. The Kier molecular flexibility index (Phi) is 2.38. The Morgan fingerprint density at radius 3 is 2.93 bits per heavy atom.